The zero-order valence-corrected chi connectivity index (χ0v) is 6.59. The normalized spacial score (nSPS) is 10.1. The summed E-state index contributed by atoms with van der Waals surface area (Å²) in [4.78, 5) is 3.73. The first-order chi connectivity index (χ1) is 4.24. The van der Waals surface area contributed by atoms with Gasteiger partial charge in [-0.2, -0.15) is 0 Å². The summed E-state index contributed by atoms with van der Waals surface area (Å²) >= 11 is 12.2. The number of aromatic nitrogens is 1. The molecule has 0 atom stereocenters. The van der Waals surface area contributed by atoms with Gasteiger partial charge in [0.05, 0.1) is 12.3 Å². The molecule has 1 rings (SSSR count). The molecule has 0 amide bonds. The highest BCUT2D eigenvalue weighted by atomic mass is 35.5. The van der Waals surface area contributed by atoms with Gasteiger partial charge in [-0.1, -0.05) is 34.5 Å². The maximum absolute atomic E-state index is 8.53. The van der Waals surface area contributed by atoms with E-state index < -0.39 is 0 Å². The molecule has 0 aromatic carbocycles. The van der Waals surface area contributed by atoms with Crippen molar-refractivity contribution in [2.75, 3.05) is 0 Å². The van der Waals surface area contributed by atoms with E-state index >= 15 is 0 Å². The summed E-state index contributed by atoms with van der Waals surface area (Å²) in [6.45, 7) is -0.151. The average Bonchev–Trinajstić information content (AvgIpc) is 2.10. The fourth-order valence-electron chi connectivity index (χ4n) is 0.403. The second kappa shape index (κ2) is 2.84. The van der Waals surface area contributed by atoms with E-state index in [0.717, 1.165) is 11.3 Å². The van der Waals surface area contributed by atoms with Crippen LogP contribution in [-0.2, 0) is 6.61 Å². The number of nitrogens with zero attached hydrogens (tertiary/aromatic N) is 1. The molecule has 2 nitrogen and oxygen atoms in total. The molecule has 5 heteroatoms. The molecule has 9 heavy (non-hydrogen) atoms. The van der Waals surface area contributed by atoms with Crippen LogP contribution in [0, 0.1) is 0 Å². The molecule has 0 spiro atoms. The van der Waals surface area contributed by atoms with Crippen LogP contribution in [0.4, 0.5) is 0 Å². The van der Waals surface area contributed by atoms with Gasteiger partial charge in [0.15, 0.2) is 4.47 Å². The Morgan fingerprint density at radius 1 is 1.56 bits per heavy atom. The van der Waals surface area contributed by atoms with Crippen LogP contribution in [0.15, 0.2) is 0 Å². The zero-order valence-electron chi connectivity index (χ0n) is 4.27. The number of halogens is 2. The van der Waals surface area contributed by atoms with E-state index in [2.05, 4.69) is 4.98 Å². The number of hydrogen-bond acceptors (Lipinski definition) is 3. The van der Waals surface area contributed by atoms with Gasteiger partial charge in [-0.3, -0.25) is 0 Å². The highest BCUT2D eigenvalue weighted by molar-refractivity contribution is 7.19. The summed E-state index contributed by atoms with van der Waals surface area (Å²) in [5, 5.41) is 8.53. The second-order valence-electron chi connectivity index (χ2n) is 1.35. The Morgan fingerprint density at radius 2 is 2.22 bits per heavy atom. The molecular weight excluding hydrogens is 181 g/mol. The molecule has 0 aliphatic heterocycles. The maximum atomic E-state index is 8.53. The maximum Gasteiger partial charge on any atom is 0.185 e. The van der Waals surface area contributed by atoms with Gasteiger partial charge in [-0.05, 0) is 0 Å². The largest absolute Gasteiger partial charge is 0.390 e. The van der Waals surface area contributed by atoms with Crippen molar-refractivity contribution in [3.63, 3.8) is 0 Å². The van der Waals surface area contributed by atoms with E-state index in [1.807, 2.05) is 0 Å². The lowest BCUT2D eigenvalue weighted by Gasteiger charge is -1.83. The van der Waals surface area contributed by atoms with Gasteiger partial charge < -0.3 is 5.11 Å². The molecule has 0 saturated carbocycles. The van der Waals surface area contributed by atoms with Crippen molar-refractivity contribution in [1.29, 1.82) is 0 Å². The number of aliphatic hydroxyl groups is 1. The average molecular weight is 184 g/mol. The Balaban J connectivity index is 3.01. The highest BCUT2D eigenvalue weighted by Crippen LogP contribution is 2.27. The number of aliphatic hydroxyl groups excluding tert-OH is 1. The summed E-state index contributed by atoms with van der Waals surface area (Å²) < 4.78 is 0.826. The molecule has 0 aliphatic rings. The summed E-state index contributed by atoms with van der Waals surface area (Å²) in [6.07, 6.45) is 0. The van der Waals surface area contributed by atoms with Crippen molar-refractivity contribution in [3.05, 3.63) is 14.5 Å². The Labute approximate surface area is 66.1 Å². The summed E-state index contributed by atoms with van der Waals surface area (Å²) in [5.41, 5.74) is 0.451. The van der Waals surface area contributed by atoms with Gasteiger partial charge in [0.2, 0.25) is 0 Å². The van der Waals surface area contributed by atoms with Gasteiger partial charge >= 0.3 is 0 Å². The second-order valence-corrected chi connectivity index (χ2v) is 3.53. The molecule has 1 aromatic heterocycles. The predicted octanol–water partition coefficient (Wildman–Crippen LogP) is 1.94. The molecule has 0 fully saturated rings. The fraction of sp³-hybridized carbons (Fsp3) is 0.250. The molecule has 0 bridgehead atoms. The van der Waals surface area contributed by atoms with Gasteiger partial charge in [0, 0.05) is 0 Å². The van der Waals surface area contributed by atoms with E-state index in [-0.39, 0.29) is 6.61 Å². The number of rotatable bonds is 1. The smallest absolute Gasteiger partial charge is 0.185 e. The molecule has 0 unspecified atom stereocenters. The standard InChI is InChI=1S/C4H3Cl2NOS/c5-3-2(1-8)7-4(6)9-3/h8H,1H2. The zero-order chi connectivity index (χ0) is 6.85. The Kier molecular flexibility index (Phi) is 2.29. The third-order valence-electron chi connectivity index (χ3n) is 0.773. The van der Waals surface area contributed by atoms with Crippen LogP contribution in [0.5, 0.6) is 0 Å². The lowest BCUT2D eigenvalue weighted by atomic mass is 10.5. The van der Waals surface area contributed by atoms with Crippen LogP contribution in [0.1, 0.15) is 5.69 Å². The Morgan fingerprint density at radius 3 is 2.44 bits per heavy atom. The third-order valence-corrected chi connectivity index (χ3v) is 2.21. The van der Waals surface area contributed by atoms with E-state index in [0.29, 0.717) is 14.5 Å². The van der Waals surface area contributed by atoms with Crippen molar-refractivity contribution < 1.29 is 5.11 Å². The topological polar surface area (TPSA) is 33.1 Å². The van der Waals surface area contributed by atoms with Crippen molar-refractivity contribution in [3.8, 4) is 0 Å². The third kappa shape index (κ3) is 1.55. The first kappa shape index (κ1) is 7.28. The van der Waals surface area contributed by atoms with E-state index in [1.54, 1.807) is 0 Å². The van der Waals surface area contributed by atoms with Gasteiger partial charge in [0.1, 0.15) is 4.34 Å². The van der Waals surface area contributed by atoms with Crippen LogP contribution in [-0.4, -0.2) is 10.1 Å². The molecule has 1 aromatic rings. The van der Waals surface area contributed by atoms with Crippen LogP contribution >= 0.6 is 34.5 Å². The molecule has 50 valence electrons. The van der Waals surface area contributed by atoms with Crippen molar-refractivity contribution in [1.82, 2.24) is 4.98 Å². The molecule has 1 heterocycles. The van der Waals surface area contributed by atoms with E-state index in [9.17, 15) is 0 Å². The van der Waals surface area contributed by atoms with Crippen LogP contribution in [0.25, 0.3) is 0 Å². The minimum atomic E-state index is -0.151. The summed E-state index contributed by atoms with van der Waals surface area (Å²) in [7, 11) is 0. The fourth-order valence-corrected chi connectivity index (χ4v) is 1.71. The highest BCUT2D eigenvalue weighted by Gasteiger charge is 2.04. The lowest BCUT2D eigenvalue weighted by Crippen LogP contribution is -1.81. The lowest BCUT2D eigenvalue weighted by molar-refractivity contribution is 0.278. The predicted molar refractivity (Wildman–Crippen MR) is 38.1 cm³/mol. The van der Waals surface area contributed by atoms with Gasteiger partial charge in [-0.25, -0.2) is 4.98 Å². The molecule has 0 radical (unpaired) electrons. The monoisotopic (exact) mass is 183 g/mol. The minimum absolute atomic E-state index is 0.151. The van der Waals surface area contributed by atoms with Crippen LogP contribution in [0.3, 0.4) is 0 Å². The number of thiazole rings is 1. The van der Waals surface area contributed by atoms with Gasteiger partial charge in [-0.15, -0.1) is 0 Å². The quantitative estimate of drug-likeness (QED) is 0.723. The SMILES string of the molecule is OCc1nc(Cl)sc1Cl. The number of hydrogen-bond donors (Lipinski definition) is 1. The van der Waals surface area contributed by atoms with Gasteiger partial charge in [0.25, 0.3) is 0 Å². The first-order valence-corrected chi connectivity index (χ1v) is 3.73. The first-order valence-electron chi connectivity index (χ1n) is 2.15. The van der Waals surface area contributed by atoms with E-state index in [4.69, 9.17) is 28.3 Å². The van der Waals surface area contributed by atoms with Crippen molar-refractivity contribution in [2.45, 2.75) is 6.61 Å². The Hall–Kier alpha value is 0.170. The minimum Gasteiger partial charge on any atom is -0.390 e. The van der Waals surface area contributed by atoms with Crippen molar-refractivity contribution >= 4 is 34.5 Å². The molecule has 0 aliphatic carbocycles. The summed E-state index contributed by atoms with van der Waals surface area (Å²) in [6, 6.07) is 0. The molecule has 0 saturated heterocycles. The van der Waals surface area contributed by atoms with E-state index in [1.165, 1.54) is 0 Å². The molecular formula is C4H3Cl2NOS. The summed E-state index contributed by atoms with van der Waals surface area (Å²) in [5.74, 6) is 0. The van der Waals surface area contributed by atoms with Crippen LogP contribution < -0.4 is 0 Å². The van der Waals surface area contributed by atoms with Crippen molar-refractivity contribution in [2.24, 2.45) is 0 Å². The molecule has 1 N–H and O–H groups in total. The Bertz CT molecular complexity index is 212. The van der Waals surface area contributed by atoms with Crippen LogP contribution in [0.2, 0.25) is 8.80 Å².